The first kappa shape index (κ1) is 19.7. The van der Waals surface area contributed by atoms with E-state index in [1.54, 1.807) is 29.1 Å². The van der Waals surface area contributed by atoms with Gasteiger partial charge in [-0.25, -0.2) is 9.07 Å². The van der Waals surface area contributed by atoms with Crippen LogP contribution in [-0.4, -0.2) is 51.7 Å². The molecule has 0 radical (unpaired) electrons. The molecule has 2 saturated heterocycles. The molecule has 3 unspecified atom stereocenters. The van der Waals surface area contributed by atoms with Crippen molar-refractivity contribution in [1.29, 1.82) is 0 Å². The molecule has 0 amide bonds. The van der Waals surface area contributed by atoms with E-state index >= 15 is 0 Å². The third-order valence-corrected chi connectivity index (χ3v) is 5.38. The predicted molar refractivity (Wildman–Crippen MR) is 107 cm³/mol. The van der Waals surface area contributed by atoms with Crippen LogP contribution >= 0.6 is 24.0 Å². The smallest absolute Gasteiger partial charge is 0.148 e. The van der Waals surface area contributed by atoms with Gasteiger partial charge in [0.05, 0.1) is 18.4 Å². The van der Waals surface area contributed by atoms with Gasteiger partial charge < -0.3 is 9.84 Å². The summed E-state index contributed by atoms with van der Waals surface area (Å²) in [4.78, 5) is 2.39. The molecule has 3 heterocycles. The van der Waals surface area contributed by atoms with E-state index < -0.39 is 0 Å². The van der Waals surface area contributed by atoms with E-state index in [0.29, 0.717) is 24.9 Å². The monoisotopic (exact) mass is 473 g/mol. The van der Waals surface area contributed by atoms with Crippen molar-refractivity contribution in [1.82, 2.24) is 14.7 Å². The highest BCUT2D eigenvalue weighted by molar-refractivity contribution is 14.0. The summed E-state index contributed by atoms with van der Waals surface area (Å²) < 4.78 is 21.1. The minimum absolute atomic E-state index is 0. The Morgan fingerprint density at radius 2 is 2.08 bits per heavy atom. The van der Waals surface area contributed by atoms with Crippen molar-refractivity contribution in [3.05, 3.63) is 48.0 Å². The van der Waals surface area contributed by atoms with E-state index in [9.17, 15) is 9.50 Å². The van der Waals surface area contributed by atoms with Gasteiger partial charge in [0.25, 0.3) is 0 Å². The van der Waals surface area contributed by atoms with Crippen LogP contribution in [0.1, 0.15) is 25.0 Å². The van der Waals surface area contributed by atoms with Gasteiger partial charge >= 0.3 is 0 Å². The minimum Gasteiger partial charge on any atom is -0.393 e. The van der Waals surface area contributed by atoms with Crippen LogP contribution in [0.4, 0.5) is 4.39 Å². The Kier molecular flexibility index (Phi) is 6.65. The van der Waals surface area contributed by atoms with E-state index in [0.717, 1.165) is 38.0 Å². The van der Waals surface area contributed by atoms with Gasteiger partial charge in [-0.2, -0.15) is 5.10 Å². The first-order valence-electron chi connectivity index (χ1n) is 9.01. The third-order valence-electron chi connectivity index (χ3n) is 5.38. The number of hydrogen-bond donors (Lipinski definition) is 1. The summed E-state index contributed by atoms with van der Waals surface area (Å²) in [6.07, 6.45) is 4.45. The predicted octanol–water partition coefficient (Wildman–Crippen LogP) is 2.99. The number of aromatic nitrogens is 2. The van der Waals surface area contributed by atoms with Crippen molar-refractivity contribution in [2.75, 3.05) is 19.8 Å². The zero-order chi connectivity index (χ0) is 17.2. The van der Waals surface area contributed by atoms with Crippen LogP contribution in [0.5, 0.6) is 0 Å². The molecule has 2 aromatic rings. The third kappa shape index (κ3) is 4.11. The van der Waals surface area contributed by atoms with Gasteiger partial charge in [-0.15, -0.1) is 24.0 Å². The fourth-order valence-electron chi connectivity index (χ4n) is 4.08. The SMILES string of the molecule is I.OC1CCOCC1C1CCCN1Cc1ccn(-c2ccccc2F)n1. The Hall–Kier alpha value is -1.03. The van der Waals surface area contributed by atoms with E-state index in [1.807, 2.05) is 6.07 Å². The molecule has 1 aromatic carbocycles. The summed E-state index contributed by atoms with van der Waals surface area (Å²) in [5, 5.41) is 14.9. The molecule has 3 atom stereocenters. The summed E-state index contributed by atoms with van der Waals surface area (Å²) in [5.41, 5.74) is 1.38. The number of nitrogens with zero attached hydrogens (tertiary/aromatic N) is 3. The number of rotatable bonds is 4. The van der Waals surface area contributed by atoms with Gasteiger partial charge in [0.15, 0.2) is 0 Å². The molecule has 26 heavy (non-hydrogen) atoms. The highest BCUT2D eigenvalue weighted by Crippen LogP contribution is 2.30. The number of likely N-dealkylation sites (tertiary alicyclic amines) is 1. The normalized spacial score (nSPS) is 26.6. The van der Waals surface area contributed by atoms with Gasteiger partial charge in [0.2, 0.25) is 0 Å². The van der Waals surface area contributed by atoms with Crippen molar-refractivity contribution in [2.24, 2.45) is 5.92 Å². The van der Waals surface area contributed by atoms with Gasteiger partial charge in [-0.3, -0.25) is 4.90 Å². The lowest BCUT2D eigenvalue weighted by atomic mass is 9.89. The number of aliphatic hydroxyl groups excluding tert-OH is 1. The summed E-state index contributed by atoms with van der Waals surface area (Å²) in [5.74, 6) is -0.108. The lowest BCUT2D eigenvalue weighted by Gasteiger charge is -2.36. The second-order valence-electron chi connectivity index (χ2n) is 6.98. The summed E-state index contributed by atoms with van der Waals surface area (Å²) >= 11 is 0. The molecule has 0 bridgehead atoms. The van der Waals surface area contributed by atoms with Gasteiger partial charge in [-0.05, 0) is 44.0 Å². The number of halogens is 2. The first-order valence-corrected chi connectivity index (χ1v) is 9.01. The van der Waals surface area contributed by atoms with Gasteiger partial charge in [-0.1, -0.05) is 12.1 Å². The lowest BCUT2D eigenvalue weighted by molar-refractivity contribution is -0.0637. The molecule has 1 aromatic heterocycles. The number of benzene rings is 1. The Morgan fingerprint density at radius 1 is 1.23 bits per heavy atom. The first-order chi connectivity index (χ1) is 12.2. The van der Waals surface area contributed by atoms with Gasteiger partial charge in [0.1, 0.15) is 11.5 Å². The van der Waals surface area contributed by atoms with Gasteiger partial charge in [0, 0.05) is 31.3 Å². The minimum atomic E-state index is -0.282. The van der Waals surface area contributed by atoms with Crippen LogP contribution in [0.3, 0.4) is 0 Å². The molecular formula is C19H25FIN3O2. The molecule has 4 rings (SSSR count). The Morgan fingerprint density at radius 3 is 2.88 bits per heavy atom. The topological polar surface area (TPSA) is 50.5 Å². The fraction of sp³-hybridized carbons (Fsp3) is 0.526. The quantitative estimate of drug-likeness (QED) is 0.695. The maximum Gasteiger partial charge on any atom is 0.148 e. The van der Waals surface area contributed by atoms with Crippen LogP contribution in [0.2, 0.25) is 0 Å². The average Bonchev–Trinajstić information content (AvgIpc) is 3.26. The zero-order valence-electron chi connectivity index (χ0n) is 14.6. The molecule has 2 aliphatic heterocycles. The fourth-order valence-corrected chi connectivity index (χ4v) is 4.08. The number of ether oxygens (including phenoxy) is 1. The van der Waals surface area contributed by atoms with Crippen LogP contribution < -0.4 is 0 Å². The standard InChI is InChI=1S/C19H24FN3O2.HI/c20-16-4-1-2-5-18(16)23-10-7-14(21-23)12-22-9-3-6-17(22)15-13-25-11-8-19(15)24;/h1-2,4-5,7,10,15,17,19,24H,3,6,8-9,11-13H2;1H. The second-order valence-corrected chi connectivity index (χ2v) is 6.98. The number of hydrogen-bond acceptors (Lipinski definition) is 4. The largest absolute Gasteiger partial charge is 0.393 e. The summed E-state index contributed by atoms with van der Waals surface area (Å²) in [6, 6.07) is 8.92. The highest BCUT2D eigenvalue weighted by atomic mass is 127. The van der Waals surface area contributed by atoms with Crippen molar-refractivity contribution >= 4 is 24.0 Å². The van der Waals surface area contributed by atoms with Crippen LogP contribution in [0.25, 0.3) is 5.69 Å². The van der Waals surface area contributed by atoms with E-state index in [2.05, 4.69) is 10.00 Å². The molecule has 0 aliphatic carbocycles. The van der Waals surface area contributed by atoms with E-state index in [-0.39, 0.29) is 41.8 Å². The van der Waals surface area contributed by atoms with Crippen LogP contribution in [0.15, 0.2) is 36.5 Å². The van der Waals surface area contributed by atoms with E-state index in [1.165, 1.54) is 6.07 Å². The number of para-hydroxylation sites is 1. The average molecular weight is 473 g/mol. The Balaban J connectivity index is 0.00000196. The highest BCUT2D eigenvalue weighted by Gasteiger charge is 2.37. The number of aliphatic hydroxyl groups is 1. The molecule has 2 aliphatic rings. The van der Waals surface area contributed by atoms with Crippen molar-refractivity contribution in [3.8, 4) is 5.69 Å². The molecule has 7 heteroatoms. The molecule has 2 fully saturated rings. The molecular weight excluding hydrogens is 448 g/mol. The zero-order valence-corrected chi connectivity index (χ0v) is 17.0. The molecule has 142 valence electrons. The maximum atomic E-state index is 13.9. The Labute approximate surface area is 170 Å². The second kappa shape index (κ2) is 8.77. The molecule has 0 spiro atoms. The van der Waals surface area contributed by atoms with Crippen molar-refractivity contribution in [2.45, 2.75) is 38.0 Å². The summed E-state index contributed by atoms with van der Waals surface area (Å²) in [6.45, 7) is 3.00. The van der Waals surface area contributed by atoms with Crippen molar-refractivity contribution in [3.63, 3.8) is 0 Å². The molecule has 0 saturated carbocycles. The maximum absolute atomic E-state index is 13.9. The molecule has 5 nitrogen and oxygen atoms in total. The van der Waals surface area contributed by atoms with E-state index in [4.69, 9.17) is 4.74 Å². The molecule has 1 N–H and O–H groups in total. The summed E-state index contributed by atoms with van der Waals surface area (Å²) in [7, 11) is 0. The Bertz CT molecular complexity index is 726. The lowest BCUT2D eigenvalue weighted by Crippen LogP contribution is -2.45. The van der Waals surface area contributed by atoms with Crippen LogP contribution in [0, 0.1) is 11.7 Å². The van der Waals surface area contributed by atoms with Crippen molar-refractivity contribution < 1.29 is 14.2 Å². The van der Waals surface area contributed by atoms with Crippen LogP contribution in [-0.2, 0) is 11.3 Å².